The van der Waals surface area contributed by atoms with Gasteiger partial charge in [0.05, 0.1) is 6.54 Å². The molecule has 5 aromatic rings. The lowest BCUT2D eigenvalue weighted by atomic mass is 9.91. The molecule has 0 aliphatic heterocycles. The fourth-order valence-corrected chi connectivity index (χ4v) is 12.6. The zero-order valence-electron chi connectivity index (χ0n) is 35.6. The summed E-state index contributed by atoms with van der Waals surface area (Å²) in [5.41, 5.74) is 12.9. The number of hydrogen-bond donors (Lipinski definition) is 0. The van der Waals surface area contributed by atoms with Crippen molar-refractivity contribution in [2.24, 2.45) is 14.1 Å². The average Bonchev–Trinajstić information content (AvgIpc) is 4.08. The van der Waals surface area contributed by atoms with E-state index in [1.54, 1.807) is 26.5 Å². The molecule has 0 N–H and O–H groups in total. The first kappa shape index (κ1) is 45.6. The van der Waals surface area contributed by atoms with Gasteiger partial charge in [-0.3, -0.25) is 23.7 Å². The molecule has 0 saturated carbocycles. The Morgan fingerprint density at radius 1 is 0.698 bits per heavy atom. The minimum Gasteiger partial charge on any atom is -0.334 e. The molecule has 332 valence electrons. The molecule has 4 aliphatic rings. The Hall–Kier alpha value is -5.42. The van der Waals surface area contributed by atoms with Crippen molar-refractivity contribution in [3.05, 3.63) is 108 Å². The summed E-state index contributed by atoms with van der Waals surface area (Å²) in [7, 11) is -2.83. The zero-order valence-corrected chi connectivity index (χ0v) is 38.1. The molecule has 0 bridgehead atoms. The number of rotatable bonds is 13. The van der Waals surface area contributed by atoms with E-state index in [0.29, 0.717) is 6.54 Å². The number of carbonyl (C=O) groups excluding carboxylic acids is 5. The molecule has 0 saturated heterocycles. The van der Waals surface area contributed by atoms with Gasteiger partial charge < -0.3 is 4.90 Å². The number of carbonyl (C=O) groups is 3. The molecule has 3 aromatic heterocycles. The third-order valence-electron chi connectivity index (χ3n) is 12.3. The first-order chi connectivity index (χ1) is 30.1. The molecular weight excluding hydrogens is 865 g/mol. The number of sulfone groups is 2. The van der Waals surface area contributed by atoms with E-state index in [0.717, 1.165) is 93.2 Å². The summed E-state index contributed by atoms with van der Waals surface area (Å²) >= 11 is 1.44. The third-order valence-corrected chi connectivity index (χ3v) is 16.1. The third kappa shape index (κ3) is 10.2. The number of ketones is 2. The summed E-state index contributed by atoms with van der Waals surface area (Å²) in [6.45, 7) is 0.313. The number of hydrogen-bond acceptors (Lipinski definition) is 13. The Kier molecular flexibility index (Phi) is 13.8. The van der Waals surface area contributed by atoms with Crippen LogP contribution in [0.15, 0.2) is 52.1 Å². The van der Waals surface area contributed by atoms with E-state index in [-0.39, 0.29) is 52.2 Å². The van der Waals surface area contributed by atoms with Crippen molar-refractivity contribution in [2.45, 2.75) is 106 Å². The van der Waals surface area contributed by atoms with Gasteiger partial charge in [-0.15, -0.1) is 11.3 Å². The largest absolute Gasteiger partial charge is 0.373 e. The molecule has 9 rings (SSSR count). The summed E-state index contributed by atoms with van der Waals surface area (Å²) in [5.74, 6) is -2.02. The van der Waals surface area contributed by atoms with E-state index in [1.165, 1.54) is 89.3 Å². The van der Waals surface area contributed by atoms with E-state index >= 15 is 0 Å². The van der Waals surface area contributed by atoms with Gasteiger partial charge in [-0.05, 0) is 139 Å². The standard InChI is InChI=1S/C25H28N4O4S2.C19H22N2O3S.CO2/c1-28(14-23-26-9-10-34-23)25(31)22-13-24(27-29(22)2)35(32,33)15-18(30)12-21-19-7-3-5-16(19)11-17-6-4-8-20(17)21;1-21-9-8-19(20-21)25(23,24)12-15(22)11-18-16-6-2-4-13(16)10-14-5-3-7-17(14)18;2-1-3/h9-11,13H,3-8,12,14-15H2,1-2H3;8-10H,2-7,11-12H2,1H3;. The van der Waals surface area contributed by atoms with Gasteiger partial charge in [0.15, 0.2) is 21.6 Å². The predicted octanol–water partition coefficient (Wildman–Crippen LogP) is 4.11. The molecule has 3 heterocycles. The first-order valence-corrected chi connectivity index (χ1v) is 25.2. The molecular formula is C45H50N6O9S3. The summed E-state index contributed by atoms with van der Waals surface area (Å²) in [6, 6.07) is 7.33. The van der Waals surface area contributed by atoms with Crippen LogP contribution < -0.4 is 0 Å². The molecule has 63 heavy (non-hydrogen) atoms. The van der Waals surface area contributed by atoms with Crippen LogP contribution in [-0.2, 0) is 124 Å². The Labute approximate surface area is 370 Å². The second-order valence-electron chi connectivity index (χ2n) is 16.6. The van der Waals surface area contributed by atoms with Crippen molar-refractivity contribution in [2.75, 3.05) is 18.6 Å². The highest BCUT2D eigenvalue weighted by Crippen LogP contribution is 2.37. The summed E-state index contributed by atoms with van der Waals surface area (Å²) in [5, 5.41) is 10.3. The number of aryl methyl sites for hydroxylation is 6. The fourth-order valence-electron chi connectivity index (χ4n) is 9.52. The second-order valence-corrected chi connectivity index (χ2v) is 21.5. The summed E-state index contributed by atoms with van der Waals surface area (Å²) in [6.07, 6.45) is 16.5. The maximum Gasteiger partial charge on any atom is 0.373 e. The van der Waals surface area contributed by atoms with E-state index in [9.17, 15) is 31.2 Å². The Balaban J connectivity index is 0.000000187. The summed E-state index contributed by atoms with van der Waals surface area (Å²) in [4.78, 5) is 60.4. The van der Waals surface area contributed by atoms with Gasteiger partial charge in [0.2, 0.25) is 19.7 Å². The smallest absolute Gasteiger partial charge is 0.334 e. The minimum atomic E-state index is -3.98. The highest BCUT2D eigenvalue weighted by molar-refractivity contribution is 7.92. The quantitative estimate of drug-likeness (QED) is 0.164. The monoisotopic (exact) mass is 914 g/mol. The van der Waals surface area contributed by atoms with Crippen molar-refractivity contribution >= 4 is 54.6 Å². The highest BCUT2D eigenvalue weighted by atomic mass is 32.2. The van der Waals surface area contributed by atoms with E-state index in [4.69, 9.17) is 9.59 Å². The lowest BCUT2D eigenvalue weighted by Crippen LogP contribution is -2.27. The van der Waals surface area contributed by atoms with Crippen molar-refractivity contribution < 1.29 is 40.8 Å². The highest BCUT2D eigenvalue weighted by Gasteiger charge is 2.31. The van der Waals surface area contributed by atoms with Gasteiger partial charge in [-0.1, -0.05) is 12.1 Å². The maximum atomic E-state index is 13.1. The molecule has 4 aliphatic carbocycles. The predicted molar refractivity (Wildman–Crippen MR) is 232 cm³/mol. The number of thiazole rings is 1. The number of nitrogens with zero attached hydrogens (tertiary/aromatic N) is 6. The molecule has 0 atom stereocenters. The van der Waals surface area contributed by atoms with E-state index in [2.05, 4.69) is 27.3 Å². The molecule has 1 amide bonds. The molecule has 0 radical (unpaired) electrons. The fraction of sp³-hybridized carbons (Fsp3) is 0.444. The Morgan fingerprint density at radius 2 is 1.16 bits per heavy atom. The second kappa shape index (κ2) is 19.1. The maximum absolute atomic E-state index is 13.1. The van der Waals surface area contributed by atoms with Crippen molar-refractivity contribution in [3.63, 3.8) is 0 Å². The van der Waals surface area contributed by atoms with Gasteiger partial charge in [-0.25, -0.2) is 21.8 Å². The van der Waals surface area contributed by atoms with Gasteiger partial charge >= 0.3 is 6.15 Å². The van der Waals surface area contributed by atoms with Gasteiger partial charge in [0.1, 0.15) is 22.2 Å². The van der Waals surface area contributed by atoms with Gasteiger partial charge in [0, 0.05) is 57.8 Å². The molecule has 15 nitrogen and oxygen atoms in total. The van der Waals surface area contributed by atoms with Crippen LogP contribution in [0.1, 0.15) is 96.8 Å². The SMILES string of the molecule is CN(Cc1nccs1)C(=O)c1cc(S(=O)(=O)CC(=O)Cc2c3c(cc4c2CCC4)CCC3)nn1C.Cn1ccc(S(=O)(=O)CC(=O)Cc2c3c(cc4c2CCC4)CCC3)n1.O=C=O. The number of Topliss-reactive ketones (excluding diaryl/α,β-unsaturated/α-hetero) is 2. The van der Waals surface area contributed by atoms with Crippen LogP contribution in [-0.4, -0.2) is 88.5 Å². The lowest BCUT2D eigenvalue weighted by Gasteiger charge is -2.15. The van der Waals surface area contributed by atoms with E-state index < -0.39 is 31.2 Å². The number of aromatic nitrogens is 5. The van der Waals surface area contributed by atoms with Crippen LogP contribution in [0.25, 0.3) is 0 Å². The first-order valence-electron chi connectivity index (χ1n) is 21.0. The Bertz CT molecular complexity index is 2770. The van der Waals surface area contributed by atoms with Crippen LogP contribution in [0.2, 0.25) is 0 Å². The van der Waals surface area contributed by atoms with Gasteiger partial charge in [-0.2, -0.15) is 19.8 Å². The van der Waals surface area contributed by atoms with E-state index in [1.807, 2.05) is 5.38 Å². The van der Waals surface area contributed by atoms with Crippen molar-refractivity contribution in [3.8, 4) is 0 Å². The molecule has 0 spiro atoms. The van der Waals surface area contributed by atoms with Crippen LogP contribution in [0, 0.1) is 0 Å². The Morgan fingerprint density at radius 3 is 1.57 bits per heavy atom. The number of fused-ring (bicyclic) bond motifs is 4. The minimum absolute atomic E-state index is 0.0214. The lowest BCUT2D eigenvalue weighted by molar-refractivity contribution is -0.191. The van der Waals surface area contributed by atoms with Crippen molar-refractivity contribution in [1.29, 1.82) is 0 Å². The topological polar surface area (TPSA) is 205 Å². The molecule has 0 fully saturated rings. The van der Waals surface area contributed by atoms with Crippen molar-refractivity contribution in [1.82, 2.24) is 29.4 Å². The molecule has 18 heteroatoms. The zero-order chi connectivity index (χ0) is 45.1. The van der Waals surface area contributed by atoms with Crippen LogP contribution in [0.3, 0.4) is 0 Å². The molecule has 0 unspecified atom stereocenters. The number of amides is 1. The van der Waals surface area contributed by atoms with Crippen LogP contribution >= 0.6 is 11.3 Å². The van der Waals surface area contributed by atoms with Gasteiger partial charge in [0.25, 0.3) is 5.91 Å². The van der Waals surface area contributed by atoms with Crippen LogP contribution in [0.5, 0.6) is 0 Å². The molecule has 2 aromatic carbocycles. The van der Waals surface area contributed by atoms with Crippen LogP contribution in [0.4, 0.5) is 0 Å². The average molecular weight is 915 g/mol. The normalized spacial score (nSPS) is 14.7. The number of benzene rings is 2. The summed E-state index contributed by atoms with van der Waals surface area (Å²) < 4.78 is 53.7.